The highest BCUT2D eigenvalue weighted by Crippen LogP contribution is 2.35. The molecule has 1 fully saturated rings. The number of nitrogens with one attached hydrogen (secondary N) is 1. The van der Waals surface area contributed by atoms with E-state index in [1.807, 2.05) is 18.2 Å². The zero-order valence-electron chi connectivity index (χ0n) is 16.2. The first-order valence-corrected chi connectivity index (χ1v) is 11.2. The lowest BCUT2D eigenvalue weighted by Crippen LogP contribution is -2.47. The first-order valence-electron chi connectivity index (χ1n) is 9.41. The van der Waals surface area contributed by atoms with Crippen molar-refractivity contribution >= 4 is 44.2 Å². The van der Waals surface area contributed by atoms with E-state index in [9.17, 15) is 18.3 Å². The van der Waals surface area contributed by atoms with Crippen molar-refractivity contribution in [2.75, 3.05) is 32.0 Å². The van der Waals surface area contributed by atoms with Crippen molar-refractivity contribution in [1.82, 2.24) is 9.29 Å². The second-order valence-corrected chi connectivity index (χ2v) is 9.34. The van der Waals surface area contributed by atoms with Gasteiger partial charge in [0.15, 0.2) is 0 Å². The number of benzene rings is 2. The van der Waals surface area contributed by atoms with E-state index in [0.717, 1.165) is 0 Å². The maximum Gasteiger partial charge on any atom is 0.353 e. The van der Waals surface area contributed by atoms with Crippen LogP contribution in [0, 0.1) is 0 Å². The fourth-order valence-electron chi connectivity index (χ4n) is 3.53. The Morgan fingerprint density at radius 2 is 2.06 bits per heavy atom. The van der Waals surface area contributed by atoms with Crippen LogP contribution in [0.15, 0.2) is 47.4 Å². The molecule has 1 aromatic heterocycles. The molecule has 0 aliphatic carbocycles. The number of fused-ring (bicyclic) bond motifs is 1. The number of halogens is 1. The van der Waals surface area contributed by atoms with Crippen LogP contribution < -0.4 is 10.5 Å². The summed E-state index contributed by atoms with van der Waals surface area (Å²) in [4.78, 5) is 14.1. The number of carbonyl (C=O) groups is 1. The largest absolute Gasteiger partial charge is 0.491 e. The van der Waals surface area contributed by atoms with E-state index in [-0.39, 0.29) is 52.8 Å². The fourth-order valence-corrected chi connectivity index (χ4v) is 5.53. The fraction of sp³-hybridized carbons (Fsp3) is 0.250. The SMILES string of the molecule is Nc1cc(Cl)cc2c(S(=O)(=O)N3CCO[C@H](COc4ccccc4)C3)c(C(=O)O)[nH]c12. The molecular weight excluding hydrogens is 446 g/mol. The standard InChI is InChI=1S/C20H20ClN3O6S/c21-12-8-15-17(16(22)9-12)23-18(20(25)26)19(15)31(27,28)24-6-7-29-14(10-24)11-30-13-4-2-1-3-5-13/h1-5,8-9,14,23H,6-7,10-11,22H2,(H,25,26)/t14-/m0/s1. The van der Waals surface area contributed by atoms with Gasteiger partial charge in [-0.25, -0.2) is 13.2 Å². The van der Waals surface area contributed by atoms with Gasteiger partial charge in [-0.15, -0.1) is 0 Å². The highest BCUT2D eigenvalue weighted by Gasteiger charge is 2.37. The molecule has 164 valence electrons. The van der Waals surface area contributed by atoms with Gasteiger partial charge in [0, 0.05) is 23.5 Å². The van der Waals surface area contributed by atoms with E-state index < -0.39 is 27.8 Å². The number of anilines is 1. The summed E-state index contributed by atoms with van der Waals surface area (Å²) < 4.78 is 39.5. The lowest BCUT2D eigenvalue weighted by Gasteiger charge is -2.32. The number of rotatable bonds is 6. The minimum absolute atomic E-state index is 0.0109. The molecule has 1 atom stereocenters. The maximum atomic E-state index is 13.5. The number of nitrogens with zero attached hydrogens (tertiary/aromatic N) is 1. The molecule has 4 rings (SSSR count). The molecule has 0 spiro atoms. The number of ether oxygens (including phenoxy) is 2. The van der Waals surface area contributed by atoms with Crippen molar-refractivity contribution in [2.45, 2.75) is 11.0 Å². The van der Waals surface area contributed by atoms with Crippen LogP contribution in [-0.2, 0) is 14.8 Å². The molecule has 0 saturated carbocycles. The topological polar surface area (TPSA) is 135 Å². The van der Waals surface area contributed by atoms with Crippen LogP contribution in [0.25, 0.3) is 10.9 Å². The average Bonchev–Trinajstić information content (AvgIpc) is 3.14. The van der Waals surface area contributed by atoms with E-state index in [4.69, 9.17) is 26.8 Å². The second kappa shape index (κ2) is 8.39. The lowest BCUT2D eigenvalue weighted by molar-refractivity contribution is -0.0249. The molecule has 11 heteroatoms. The monoisotopic (exact) mass is 465 g/mol. The molecule has 2 heterocycles. The number of hydrogen-bond acceptors (Lipinski definition) is 6. The van der Waals surface area contributed by atoms with Crippen molar-refractivity contribution in [3.05, 3.63) is 53.2 Å². The van der Waals surface area contributed by atoms with Gasteiger partial charge >= 0.3 is 5.97 Å². The molecule has 1 aliphatic heterocycles. The number of sulfonamides is 1. The van der Waals surface area contributed by atoms with Gasteiger partial charge in [0.1, 0.15) is 29.0 Å². The third-order valence-electron chi connectivity index (χ3n) is 4.95. The predicted molar refractivity (Wildman–Crippen MR) is 115 cm³/mol. The molecule has 4 N–H and O–H groups in total. The minimum Gasteiger partial charge on any atom is -0.491 e. The first kappa shape index (κ1) is 21.4. The molecule has 0 unspecified atom stereocenters. The molecule has 0 radical (unpaired) electrons. The Bertz CT molecular complexity index is 1230. The van der Waals surface area contributed by atoms with E-state index in [0.29, 0.717) is 5.75 Å². The number of nitrogen functional groups attached to an aromatic ring is 1. The first-order chi connectivity index (χ1) is 14.8. The van der Waals surface area contributed by atoms with Gasteiger partial charge < -0.3 is 25.3 Å². The number of morpholine rings is 1. The van der Waals surface area contributed by atoms with Gasteiger partial charge in [0.25, 0.3) is 0 Å². The van der Waals surface area contributed by atoms with Crippen molar-refractivity contribution in [1.29, 1.82) is 0 Å². The Morgan fingerprint density at radius 1 is 1.32 bits per heavy atom. The third kappa shape index (κ3) is 4.19. The van der Waals surface area contributed by atoms with Crippen LogP contribution in [0.1, 0.15) is 10.5 Å². The van der Waals surface area contributed by atoms with Gasteiger partial charge in [0.2, 0.25) is 10.0 Å². The number of nitrogens with two attached hydrogens (primary N) is 1. The van der Waals surface area contributed by atoms with E-state index in [1.54, 1.807) is 12.1 Å². The lowest BCUT2D eigenvalue weighted by atomic mass is 10.2. The second-order valence-electron chi connectivity index (χ2n) is 7.03. The highest BCUT2D eigenvalue weighted by molar-refractivity contribution is 7.89. The molecule has 1 aliphatic rings. The Labute approximate surface area is 183 Å². The van der Waals surface area contributed by atoms with Gasteiger partial charge in [0.05, 0.1) is 17.8 Å². The Kier molecular flexibility index (Phi) is 5.80. The summed E-state index contributed by atoms with van der Waals surface area (Å²) in [5.41, 5.74) is 5.82. The van der Waals surface area contributed by atoms with E-state index in [1.165, 1.54) is 16.4 Å². The minimum atomic E-state index is -4.20. The summed E-state index contributed by atoms with van der Waals surface area (Å²) in [6, 6.07) is 11.9. The molecule has 31 heavy (non-hydrogen) atoms. The van der Waals surface area contributed by atoms with E-state index >= 15 is 0 Å². The molecule has 1 saturated heterocycles. The normalized spacial score (nSPS) is 17.6. The molecule has 3 aromatic rings. The van der Waals surface area contributed by atoms with Crippen LogP contribution in [0.2, 0.25) is 5.02 Å². The summed E-state index contributed by atoms with van der Waals surface area (Å²) in [6.07, 6.45) is -0.518. The zero-order chi connectivity index (χ0) is 22.2. The number of aromatic carboxylic acids is 1. The molecule has 2 aromatic carbocycles. The zero-order valence-corrected chi connectivity index (χ0v) is 17.8. The molecule has 0 amide bonds. The van der Waals surface area contributed by atoms with Gasteiger partial charge in [-0.3, -0.25) is 0 Å². The Morgan fingerprint density at radius 3 is 2.77 bits per heavy atom. The number of hydrogen-bond donors (Lipinski definition) is 3. The van der Waals surface area contributed by atoms with Crippen molar-refractivity contribution in [2.24, 2.45) is 0 Å². The summed E-state index contributed by atoms with van der Waals surface area (Å²) in [6.45, 7) is 0.382. The van der Waals surface area contributed by atoms with Crippen molar-refractivity contribution < 1.29 is 27.8 Å². The number of aromatic amines is 1. The quantitative estimate of drug-likeness (QED) is 0.476. The average molecular weight is 466 g/mol. The number of carboxylic acids is 1. The predicted octanol–water partition coefficient (Wildman–Crippen LogP) is 2.57. The summed E-state index contributed by atoms with van der Waals surface area (Å²) >= 11 is 6.06. The summed E-state index contributed by atoms with van der Waals surface area (Å²) in [5.74, 6) is -0.775. The highest BCUT2D eigenvalue weighted by atomic mass is 35.5. The smallest absolute Gasteiger partial charge is 0.353 e. The summed E-state index contributed by atoms with van der Waals surface area (Å²) in [5, 5.41) is 9.95. The van der Waals surface area contributed by atoms with Crippen molar-refractivity contribution in [3.8, 4) is 5.75 Å². The Balaban J connectivity index is 1.65. The van der Waals surface area contributed by atoms with Gasteiger partial charge in [-0.2, -0.15) is 4.31 Å². The van der Waals surface area contributed by atoms with Crippen LogP contribution in [0.5, 0.6) is 5.75 Å². The summed E-state index contributed by atoms with van der Waals surface area (Å²) in [7, 11) is -4.20. The van der Waals surface area contributed by atoms with Gasteiger partial charge in [-0.05, 0) is 24.3 Å². The van der Waals surface area contributed by atoms with Crippen LogP contribution in [0.3, 0.4) is 0 Å². The number of aromatic nitrogens is 1. The molecule has 9 nitrogen and oxygen atoms in total. The Hall–Kier alpha value is -2.79. The molecule has 0 bridgehead atoms. The number of para-hydroxylation sites is 1. The van der Waals surface area contributed by atoms with Crippen LogP contribution in [-0.4, -0.2) is 61.2 Å². The number of H-pyrrole nitrogens is 1. The van der Waals surface area contributed by atoms with Crippen LogP contribution >= 0.6 is 11.6 Å². The van der Waals surface area contributed by atoms with E-state index in [2.05, 4.69) is 4.98 Å². The maximum absolute atomic E-state index is 13.5. The van der Waals surface area contributed by atoms with Gasteiger partial charge in [-0.1, -0.05) is 29.8 Å². The third-order valence-corrected chi connectivity index (χ3v) is 7.12. The van der Waals surface area contributed by atoms with Crippen molar-refractivity contribution in [3.63, 3.8) is 0 Å². The molecular formula is C20H20ClN3O6S. The number of carboxylic acid groups (broad SMARTS) is 1. The van der Waals surface area contributed by atoms with Crippen LogP contribution in [0.4, 0.5) is 5.69 Å².